The predicted molar refractivity (Wildman–Crippen MR) is 85.6 cm³/mol. The minimum Gasteiger partial charge on any atom is -0.361 e. The monoisotopic (exact) mass is 310 g/mol. The molecule has 0 radical (unpaired) electrons. The van der Waals surface area contributed by atoms with Gasteiger partial charge in [0.25, 0.3) is 0 Å². The molecule has 1 aliphatic heterocycles. The number of Topliss-reactive ketones (excluding diaryl/α,β-unsaturated/α-hetero) is 1. The third-order valence-corrected chi connectivity index (χ3v) is 4.54. The number of ketones is 1. The topological polar surface area (TPSA) is 52.9 Å². The van der Waals surface area contributed by atoms with Crippen molar-refractivity contribution in [1.82, 2.24) is 5.32 Å². The van der Waals surface area contributed by atoms with Gasteiger partial charge in [-0.2, -0.15) is 5.26 Å². The molecule has 0 fully saturated rings. The second-order valence-electron chi connectivity index (χ2n) is 7.10. The summed E-state index contributed by atoms with van der Waals surface area (Å²) in [5.41, 5.74) is 3.27. The number of halogens is 1. The molecule has 1 aromatic rings. The number of nitrogens with zero attached hydrogens (tertiary/aromatic N) is 1. The number of dihydropyridines is 1. The normalized spacial score (nSPS) is 23.3. The Morgan fingerprint density at radius 2 is 2.09 bits per heavy atom. The maximum Gasteiger partial charge on any atom is 0.162 e. The Balaban J connectivity index is 2.19. The fourth-order valence-electron chi connectivity index (χ4n) is 3.60. The molecule has 1 heterocycles. The molecule has 0 saturated heterocycles. The first-order valence-corrected chi connectivity index (χ1v) is 7.72. The fourth-order valence-corrected chi connectivity index (χ4v) is 3.60. The molecule has 0 spiro atoms. The van der Waals surface area contributed by atoms with Crippen LogP contribution < -0.4 is 5.32 Å². The molecule has 1 aromatic carbocycles. The molecule has 1 atom stereocenters. The van der Waals surface area contributed by atoms with Crippen molar-refractivity contribution >= 4 is 5.78 Å². The Kier molecular flexibility index (Phi) is 3.60. The molecule has 4 heteroatoms. The van der Waals surface area contributed by atoms with E-state index in [2.05, 4.69) is 25.2 Å². The molecule has 3 nitrogen and oxygen atoms in total. The summed E-state index contributed by atoms with van der Waals surface area (Å²) in [4.78, 5) is 12.8. The number of carbonyl (C=O) groups is 1. The van der Waals surface area contributed by atoms with Gasteiger partial charge in [0.05, 0.1) is 17.6 Å². The lowest BCUT2D eigenvalue weighted by molar-refractivity contribution is -0.118. The summed E-state index contributed by atoms with van der Waals surface area (Å²) in [6, 6.07) is 8.39. The van der Waals surface area contributed by atoms with E-state index < -0.39 is 5.92 Å². The van der Waals surface area contributed by atoms with Gasteiger partial charge in [0.2, 0.25) is 0 Å². The summed E-state index contributed by atoms with van der Waals surface area (Å²) in [7, 11) is 0. The molecule has 118 valence electrons. The molecule has 0 saturated carbocycles. The molecule has 1 aliphatic carbocycles. The third-order valence-electron chi connectivity index (χ3n) is 4.54. The highest BCUT2D eigenvalue weighted by Gasteiger charge is 2.41. The molecule has 0 aromatic heterocycles. The van der Waals surface area contributed by atoms with Crippen molar-refractivity contribution in [2.45, 2.75) is 39.5 Å². The summed E-state index contributed by atoms with van der Waals surface area (Å²) in [6.45, 7) is 5.96. The van der Waals surface area contributed by atoms with Crippen molar-refractivity contribution < 1.29 is 9.18 Å². The van der Waals surface area contributed by atoms with E-state index in [1.54, 1.807) is 12.1 Å². The first kappa shape index (κ1) is 15.5. The second kappa shape index (κ2) is 5.34. The van der Waals surface area contributed by atoms with E-state index in [4.69, 9.17) is 0 Å². The van der Waals surface area contributed by atoms with Crippen LogP contribution in [0.5, 0.6) is 0 Å². The number of carbonyl (C=O) groups excluding carboxylic acids is 1. The molecule has 2 aliphatic rings. The van der Waals surface area contributed by atoms with Gasteiger partial charge in [-0.3, -0.25) is 4.79 Å². The van der Waals surface area contributed by atoms with Crippen molar-refractivity contribution in [1.29, 1.82) is 5.26 Å². The standard InChI is InChI=1S/C19H19FN2O/c1-11-14(10-21)17(12-5-4-6-13(20)7-12)18-15(22-11)8-19(2,3)9-16(18)23/h4-7,17,22H,8-9H2,1-3H3/t17-/m0/s1. The molecule has 0 bridgehead atoms. The van der Waals surface area contributed by atoms with Crippen molar-refractivity contribution in [2.75, 3.05) is 0 Å². The van der Waals surface area contributed by atoms with Gasteiger partial charge in [-0.25, -0.2) is 4.39 Å². The lowest BCUT2D eigenvalue weighted by Gasteiger charge is -2.38. The molecule has 23 heavy (non-hydrogen) atoms. The van der Waals surface area contributed by atoms with E-state index in [0.717, 1.165) is 17.8 Å². The quantitative estimate of drug-likeness (QED) is 0.854. The van der Waals surface area contributed by atoms with Gasteiger partial charge in [0.1, 0.15) is 5.82 Å². The number of hydrogen-bond donors (Lipinski definition) is 1. The van der Waals surface area contributed by atoms with E-state index in [1.165, 1.54) is 12.1 Å². The Morgan fingerprint density at radius 3 is 2.74 bits per heavy atom. The van der Waals surface area contributed by atoms with Crippen molar-refractivity contribution in [3.05, 3.63) is 58.2 Å². The van der Waals surface area contributed by atoms with Crippen LogP contribution in [0, 0.1) is 22.6 Å². The molecular weight excluding hydrogens is 291 g/mol. The summed E-state index contributed by atoms with van der Waals surface area (Å²) in [5, 5.41) is 12.8. The largest absolute Gasteiger partial charge is 0.361 e. The zero-order valence-electron chi connectivity index (χ0n) is 13.5. The minimum absolute atomic E-state index is 0.0401. The van der Waals surface area contributed by atoms with Gasteiger partial charge in [-0.15, -0.1) is 0 Å². The van der Waals surface area contributed by atoms with Crippen LogP contribution in [-0.4, -0.2) is 5.78 Å². The summed E-state index contributed by atoms with van der Waals surface area (Å²) < 4.78 is 13.7. The van der Waals surface area contributed by atoms with E-state index in [0.29, 0.717) is 23.1 Å². The lowest BCUT2D eigenvalue weighted by atomic mass is 9.69. The van der Waals surface area contributed by atoms with Crippen LogP contribution in [-0.2, 0) is 4.79 Å². The van der Waals surface area contributed by atoms with Crippen LogP contribution in [0.3, 0.4) is 0 Å². The average molecular weight is 310 g/mol. The van der Waals surface area contributed by atoms with E-state index in [-0.39, 0.29) is 17.0 Å². The van der Waals surface area contributed by atoms with Gasteiger partial charge in [0, 0.05) is 23.4 Å². The Morgan fingerprint density at radius 1 is 1.35 bits per heavy atom. The van der Waals surface area contributed by atoms with Gasteiger partial charge >= 0.3 is 0 Å². The highest BCUT2D eigenvalue weighted by molar-refractivity contribution is 6.00. The fraction of sp³-hybridized carbons (Fsp3) is 0.368. The zero-order valence-corrected chi connectivity index (χ0v) is 13.5. The van der Waals surface area contributed by atoms with Crippen LogP contribution in [0.2, 0.25) is 0 Å². The first-order chi connectivity index (χ1) is 10.8. The summed E-state index contributed by atoms with van der Waals surface area (Å²) >= 11 is 0. The number of benzene rings is 1. The van der Waals surface area contributed by atoms with Crippen LogP contribution >= 0.6 is 0 Å². The maximum absolute atomic E-state index is 13.7. The number of nitriles is 1. The highest BCUT2D eigenvalue weighted by atomic mass is 19.1. The van der Waals surface area contributed by atoms with Gasteiger partial charge in [-0.05, 0) is 36.5 Å². The van der Waals surface area contributed by atoms with Crippen molar-refractivity contribution in [3.63, 3.8) is 0 Å². The zero-order chi connectivity index (χ0) is 16.8. The number of allylic oxidation sites excluding steroid dienone is 4. The minimum atomic E-state index is -0.476. The van der Waals surface area contributed by atoms with E-state index in [9.17, 15) is 14.4 Å². The van der Waals surface area contributed by atoms with E-state index >= 15 is 0 Å². The van der Waals surface area contributed by atoms with Crippen LogP contribution in [0.4, 0.5) is 4.39 Å². The Labute approximate surface area is 135 Å². The predicted octanol–water partition coefficient (Wildman–Crippen LogP) is 3.95. The lowest BCUT2D eigenvalue weighted by Crippen LogP contribution is -2.36. The maximum atomic E-state index is 13.7. The van der Waals surface area contributed by atoms with Gasteiger partial charge in [0.15, 0.2) is 5.78 Å². The number of hydrogen-bond acceptors (Lipinski definition) is 3. The summed E-state index contributed by atoms with van der Waals surface area (Å²) in [6.07, 6.45) is 1.19. The molecular formula is C19H19FN2O. The van der Waals surface area contributed by atoms with Crippen LogP contribution in [0.15, 0.2) is 46.8 Å². The van der Waals surface area contributed by atoms with E-state index in [1.807, 2.05) is 6.92 Å². The first-order valence-electron chi connectivity index (χ1n) is 7.72. The molecule has 1 N–H and O–H groups in total. The molecule has 0 unspecified atom stereocenters. The van der Waals surface area contributed by atoms with Gasteiger partial charge in [-0.1, -0.05) is 26.0 Å². The number of nitrogens with one attached hydrogen (secondary N) is 1. The molecule has 3 rings (SSSR count). The smallest absolute Gasteiger partial charge is 0.162 e. The van der Waals surface area contributed by atoms with Crippen molar-refractivity contribution in [3.8, 4) is 6.07 Å². The molecule has 0 amide bonds. The number of rotatable bonds is 1. The van der Waals surface area contributed by atoms with Crippen LogP contribution in [0.25, 0.3) is 0 Å². The van der Waals surface area contributed by atoms with Crippen molar-refractivity contribution in [2.24, 2.45) is 5.41 Å². The third kappa shape index (κ3) is 2.68. The second-order valence-corrected chi connectivity index (χ2v) is 7.10. The SMILES string of the molecule is CC1=C(C#N)[C@H](c2cccc(F)c2)C2=C(CC(C)(C)CC2=O)N1. The Hall–Kier alpha value is -2.41. The average Bonchev–Trinajstić information content (AvgIpc) is 2.44. The highest BCUT2D eigenvalue weighted by Crippen LogP contribution is 2.46. The van der Waals surface area contributed by atoms with Crippen LogP contribution in [0.1, 0.15) is 45.1 Å². The van der Waals surface area contributed by atoms with Gasteiger partial charge < -0.3 is 5.32 Å². The Bertz CT molecular complexity index is 796. The summed E-state index contributed by atoms with van der Waals surface area (Å²) in [5.74, 6) is -0.796.